The Hall–Kier alpha value is -2.53. The number of aromatic nitrogens is 3. The minimum Gasteiger partial charge on any atom is -0.262 e. The second-order valence-electron chi connectivity index (χ2n) is 3.16. The molecule has 0 saturated heterocycles. The van der Waals surface area contributed by atoms with Crippen LogP contribution in [0.3, 0.4) is 0 Å². The van der Waals surface area contributed by atoms with Gasteiger partial charge in [0, 0.05) is 18.6 Å². The average Bonchev–Trinajstić information content (AvgIpc) is 2.39. The van der Waals surface area contributed by atoms with E-state index in [1.54, 1.807) is 6.07 Å². The Morgan fingerprint density at radius 2 is 2.06 bits per heavy atom. The van der Waals surface area contributed by atoms with E-state index in [0.717, 1.165) is 0 Å². The molecule has 0 aliphatic heterocycles. The number of nitriles is 1. The highest BCUT2D eigenvalue weighted by Crippen LogP contribution is 2.15. The van der Waals surface area contributed by atoms with Gasteiger partial charge in [0.1, 0.15) is 11.0 Å². The highest BCUT2D eigenvalue weighted by Gasteiger charge is 2.19. The topological polar surface area (TPSA) is 109 Å². The molecule has 1 N–H and O–H groups in total. The predicted molar refractivity (Wildman–Crippen MR) is 61.8 cm³/mol. The van der Waals surface area contributed by atoms with Gasteiger partial charge in [-0.25, -0.2) is 18.4 Å². The summed E-state index contributed by atoms with van der Waals surface area (Å²) in [5.74, 6) is 0.0743. The third-order valence-electron chi connectivity index (χ3n) is 1.97. The van der Waals surface area contributed by atoms with Gasteiger partial charge in [-0.2, -0.15) is 5.26 Å². The summed E-state index contributed by atoms with van der Waals surface area (Å²) >= 11 is 0. The van der Waals surface area contributed by atoms with Crippen LogP contribution >= 0.6 is 0 Å². The number of anilines is 1. The lowest BCUT2D eigenvalue weighted by Gasteiger charge is -2.06. The molecular formula is C10H7N5O2S. The number of sulfonamides is 1. The van der Waals surface area contributed by atoms with Crippen LogP contribution in [0.25, 0.3) is 0 Å². The van der Waals surface area contributed by atoms with Gasteiger partial charge in [0.05, 0.1) is 6.20 Å². The van der Waals surface area contributed by atoms with Crippen LogP contribution in [0.2, 0.25) is 0 Å². The molecule has 2 aromatic rings. The lowest BCUT2D eigenvalue weighted by Crippen LogP contribution is -2.15. The van der Waals surface area contributed by atoms with Crippen LogP contribution in [0, 0.1) is 11.3 Å². The maximum absolute atomic E-state index is 12.0. The van der Waals surface area contributed by atoms with Gasteiger partial charge in [-0.3, -0.25) is 9.71 Å². The third kappa shape index (κ3) is 2.41. The van der Waals surface area contributed by atoms with Gasteiger partial charge in [-0.1, -0.05) is 0 Å². The standard InChI is InChI=1S/C10H7N5O2S/c11-6-8-9(2-1-3-13-8)18(16,17)15-10-7-12-4-5-14-10/h1-5,7H,(H,14,15). The first kappa shape index (κ1) is 11.9. The minimum absolute atomic E-state index is 0.0743. The smallest absolute Gasteiger partial charge is 0.262 e. The van der Waals surface area contributed by atoms with Crippen molar-refractivity contribution in [1.29, 1.82) is 5.26 Å². The maximum Gasteiger partial charge on any atom is 0.265 e. The first-order valence-electron chi connectivity index (χ1n) is 4.77. The number of nitrogens with one attached hydrogen (secondary N) is 1. The molecule has 0 atom stereocenters. The number of hydrogen-bond donors (Lipinski definition) is 1. The van der Waals surface area contributed by atoms with E-state index in [-0.39, 0.29) is 16.4 Å². The van der Waals surface area contributed by atoms with E-state index in [4.69, 9.17) is 5.26 Å². The summed E-state index contributed by atoms with van der Waals surface area (Å²) in [6, 6.07) is 4.45. The maximum atomic E-state index is 12.0. The summed E-state index contributed by atoms with van der Waals surface area (Å²) in [5.41, 5.74) is -0.172. The van der Waals surface area contributed by atoms with Gasteiger partial charge in [-0.15, -0.1) is 0 Å². The molecule has 0 amide bonds. The van der Waals surface area contributed by atoms with Crippen LogP contribution in [0.5, 0.6) is 0 Å². The van der Waals surface area contributed by atoms with E-state index in [0.29, 0.717) is 0 Å². The van der Waals surface area contributed by atoms with Crippen LogP contribution in [0.15, 0.2) is 41.8 Å². The summed E-state index contributed by atoms with van der Waals surface area (Å²) < 4.78 is 26.2. The Morgan fingerprint density at radius 3 is 2.72 bits per heavy atom. The van der Waals surface area contributed by atoms with Gasteiger partial charge in [-0.05, 0) is 12.1 Å². The van der Waals surface area contributed by atoms with Crippen molar-refractivity contribution >= 4 is 15.8 Å². The Kier molecular flexibility index (Phi) is 3.16. The fraction of sp³-hybridized carbons (Fsp3) is 0. The van der Waals surface area contributed by atoms with E-state index in [1.165, 1.54) is 36.9 Å². The van der Waals surface area contributed by atoms with Crippen molar-refractivity contribution < 1.29 is 8.42 Å². The van der Waals surface area contributed by atoms with Crippen molar-refractivity contribution in [3.63, 3.8) is 0 Å². The molecule has 0 unspecified atom stereocenters. The van der Waals surface area contributed by atoms with Crippen LogP contribution in [0.4, 0.5) is 5.82 Å². The SMILES string of the molecule is N#Cc1ncccc1S(=O)(=O)Nc1cnccn1. The molecular weight excluding hydrogens is 254 g/mol. The molecule has 0 fully saturated rings. The third-order valence-corrected chi connectivity index (χ3v) is 3.35. The number of nitrogens with zero attached hydrogens (tertiary/aromatic N) is 4. The van der Waals surface area contributed by atoms with Gasteiger partial charge in [0.15, 0.2) is 11.5 Å². The molecule has 0 radical (unpaired) electrons. The van der Waals surface area contributed by atoms with Crippen molar-refractivity contribution in [3.05, 3.63) is 42.6 Å². The summed E-state index contributed by atoms with van der Waals surface area (Å²) in [6.07, 6.45) is 5.38. The van der Waals surface area contributed by atoms with E-state index >= 15 is 0 Å². The minimum atomic E-state index is -3.89. The van der Waals surface area contributed by atoms with E-state index in [1.807, 2.05) is 0 Å². The predicted octanol–water partition coefficient (Wildman–Crippen LogP) is 0.544. The van der Waals surface area contributed by atoms with Crippen LogP contribution < -0.4 is 4.72 Å². The fourth-order valence-electron chi connectivity index (χ4n) is 1.24. The normalized spacial score (nSPS) is 10.6. The molecule has 0 spiro atoms. The molecule has 0 bridgehead atoms. The van der Waals surface area contributed by atoms with Crippen molar-refractivity contribution in [2.24, 2.45) is 0 Å². The van der Waals surface area contributed by atoms with Crippen LogP contribution in [-0.2, 0) is 10.0 Å². The second kappa shape index (κ2) is 4.77. The zero-order valence-electron chi connectivity index (χ0n) is 8.98. The molecule has 7 nitrogen and oxygen atoms in total. The molecule has 0 aliphatic carbocycles. The van der Waals surface area contributed by atoms with Gasteiger partial charge >= 0.3 is 0 Å². The molecule has 0 saturated carbocycles. The highest BCUT2D eigenvalue weighted by molar-refractivity contribution is 7.92. The molecule has 2 aromatic heterocycles. The first-order valence-corrected chi connectivity index (χ1v) is 6.26. The molecule has 0 aromatic carbocycles. The van der Waals surface area contributed by atoms with Crippen LogP contribution in [-0.4, -0.2) is 23.4 Å². The van der Waals surface area contributed by atoms with Gasteiger partial charge in [0.25, 0.3) is 10.0 Å². The van der Waals surface area contributed by atoms with Crippen molar-refractivity contribution in [2.75, 3.05) is 4.72 Å². The summed E-state index contributed by atoms with van der Waals surface area (Å²) in [4.78, 5) is 11.0. The lowest BCUT2D eigenvalue weighted by atomic mass is 10.4. The zero-order chi connectivity index (χ0) is 13.0. The second-order valence-corrected chi connectivity index (χ2v) is 4.81. The summed E-state index contributed by atoms with van der Waals surface area (Å²) in [5, 5.41) is 8.82. The summed E-state index contributed by atoms with van der Waals surface area (Å²) in [6.45, 7) is 0. The van der Waals surface area contributed by atoms with Gasteiger partial charge in [0.2, 0.25) is 0 Å². The summed E-state index contributed by atoms with van der Waals surface area (Å²) in [7, 11) is -3.89. The number of hydrogen-bond acceptors (Lipinski definition) is 6. The van der Waals surface area contributed by atoms with Gasteiger partial charge < -0.3 is 0 Å². The largest absolute Gasteiger partial charge is 0.265 e. The molecule has 18 heavy (non-hydrogen) atoms. The quantitative estimate of drug-likeness (QED) is 0.863. The van der Waals surface area contributed by atoms with E-state index in [9.17, 15) is 8.42 Å². The first-order chi connectivity index (χ1) is 8.63. The zero-order valence-corrected chi connectivity index (χ0v) is 9.79. The molecule has 8 heteroatoms. The van der Waals surface area contributed by atoms with Crippen LogP contribution in [0.1, 0.15) is 5.69 Å². The molecule has 2 rings (SSSR count). The lowest BCUT2D eigenvalue weighted by molar-refractivity contribution is 0.600. The average molecular weight is 261 g/mol. The van der Waals surface area contributed by atoms with Crippen molar-refractivity contribution in [3.8, 4) is 6.07 Å². The van der Waals surface area contributed by atoms with Crippen molar-refractivity contribution in [2.45, 2.75) is 4.90 Å². The Morgan fingerprint density at radius 1 is 1.22 bits per heavy atom. The monoisotopic (exact) mass is 261 g/mol. The Labute approximate surface area is 103 Å². The fourth-order valence-corrected chi connectivity index (χ4v) is 2.34. The number of rotatable bonds is 3. The molecule has 2 heterocycles. The number of pyridine rings is 1. The highest BCUT2D eigenvalue weighted by atomic mass is 32.2. The van der Waals surface area contributed by atoms with E-state index in [2.05, 4.69) is 19.7 Å². The van der Waals surface area contributed by atoms with Crippen molar-refractivity contribution in [1.82, 2.24) is 15.0 Å². The Bertz CT molecular complexity index is 694. The molecule has 90 valence electrons. The molecule has 0 aliphatic rings. The van der Waals surface area contributed by atoms with E-state index < -0.39 is 10.0 Å². The Balaban J connectivity index is 2.41.